The summed E-state index contributed by atoms with van der Waals surface area (Å²) in [6.07, 6.45) is 2.89. The highest BCUT2D eigenvalue weighted by Gasteiger charge is 2.47. The van der Waals surface area contributed by atoms with E-state index in [4.69, 9.17) is 0 Å². The van der Waals surface area contributed by atoms with Crippen LogP contribution in [-0.2, 0) is 0 Å². The van der Waals surface area contributed by atoms with Gasteiger partial charge in [-0.1, -0.05) is 19.8 Å². The maximum absolute atomic E-state index is 12.4. The molecule has 0 aromatic heterocycles. The Labute approximate surface area is 127 Å². The Balaban J connectivity index is 2.26. The van der Waals surface area contributed by atoms with Gasteiger partial charge < -0.3 is 4.90 Å². The van der Waals surface area contributed by atoms with Gasteiger partial charge in [0.2, 0.25) is 0 Å². The highest BCUT2D eigenvalue weighted by Crippen LogP contribution is 2.35. The number of benzene rings is 1. The van der Waals surface area contributed by atoms with E-state index < -0.39 is 21.2 Å². The van der Waals surface area contributed by atoms with Crippen molar-refractivity contribution in [1.29, 1.82) is 0 Å². The Morgan fingerprint density at radius 3 is 2.18 bits per heavy atom. The summed E-state index contributed by atoms with van der Waals surface area (Å²) in [6.45, 7) is 3.97. The molecular formula is C14H17N3O5. The van der Waals surface area contributed by atoms with E-state index in [1.807, 2.05) is 6.92 Å². The minimum Gasteiger partial charge on any atom is -0.329 e. The Morgan fingerprint density at radius 2 is 1.73 bits per heavy atom. The lowest BCUT2D eigenvalue weighted by Gasteiger charge is -2.05. The van der Waals surface area contributed by atoms with Crippen molar-refractivity contribution in [2.75, 3.05) is 0 Å². The van der Waals surface area contributed by atoms with Gasteiger partial charge in [0.05, 0.1) is 33.6 Å². The number of hydrogen-bond donors (Lipinski definition) is 0. The molecule has 1 amide bonds. The maximum Gasteiger partial charge on any atom is 0.277 e. The number of carbonyl (C=O) groups is 1. The quantitative estimate of drug-likeness (QED) is 0.456. The van der Waals surface area contributed by atoms with E-state index in [1.165, 1.54) is 0 Å². The molecule has 8 heteroatoms. The normalized spacial score (nSPS) is 19.8. The van der Waals surface area contributed by atoms with Crippen molar-refractivity contribution in [3.05, 3.63) is 44.0 Å². The Hall–Kier alpha value is -2.51. The summed E-state index contributed by atoms with van der Waals surface area (Å²) in [5, 5.41) is 21.7. The number of unbranched alkanes of at least 4 members (excludes halogenated alkanes) is 1. The van der Waals surface area contributed by atoms with Crippen LogP contribution in [-0.4, -0.2) is 32.7 Å². The third-order valence-electron chi connectivity index (χ3n) is 3.92. The molecule has 1 fully saturated rings. The maximum atomic E-state index is 12.4. The molecule has 0 spiro atoms. The highest BCUT2D eigenvalue weighted by atomic mass is 16.6. The Kier molecular flexibility index (Phi) is 4.39. The molecule has 118 valence electrons. The molecule has 2 unspecified atom stereocenters. The van der Waals surface area contributed by atoms with Gasteiger partial charge in [0.1, 0.15) is 0 Å². The number of non-ortho nitro benzene ring substituents is 2. The first kappa shape index (κ1) is 15.9. The van der Waals surface area contributed by atoms with Crippen LogP contribution in [0.15, 0.2) is 18.2 Å². The number of hydrogen-bond acceptors (Lipinski definition) is 5. The number of nitro benzene ring substituents is 2. The molecule has 8 nitrogen and oxygen atoms in total. The predicted octanol–water partition coefficient (Wildman–Crippen LogP) is 2.91. The van der Waals surface area contributed by atoms with Gasteiger partial charge in [0.25, 0.3) is 17.3 Å². The third-order valence-corrected chi connectivity index (χ3v) is 3.92. The predicted molar refractivity (Wildman–Crippen MR) is 78.7 cm³/mol. The first-order valence-corrected chi connectivity index (χ1v) is 7.13. The van der Waals surface area contributed by atoms with Gasteiger partial charge in [-0.15, -0.1) is 0 Å². The van der Waals surface area contributed by atoms with E-state index in [9.17, 15) is 25.0 Å². The number of amides is 1. The molecular weight excluding hydrogens is 290 g/mol. The number of nitrogens with zero attached hydrogens (tertiary/aromatic N) is 3. The van der Waals surface area contributed by atoms with E-state index in [0.717, 1.165) is 37.5 Å². The molecule has 0 aliphatic carbocycles. The first-order chi connectivity index (χ1) is 10.4. The van der Waals surface area contributed by atoms with Crippen LogP contribution >= 0.6 is 0 Å². The van der Waals surface area contributed by atoms with Gasteiger partial charge in [-0.25, -0.2) is 0 Å². The zero-order chi connectivity index (χ0) is 16.4. The van der Waals surface area contributed by atoms with Crippen molar-refractivity contribution in [3.63, 3.8) is 0 Å². The zero-order valence-electron chi connectivity index (χ0n) is 12.4. The summed E-state index contributed by atoms with van der Waals surface area (Å²) in [7, 11) is 0. The van der Waals surface area contributed by atoms with E-state index in [0.29, 0.717) is 0 Å². The monoisotopic (exact) mass is 307 g/mol. The summed E-state index contributed by atoms with van der Waals surface area (Å²) in [4.78, 5) is 34.3. The number of carbonyl (C=O) groups excluding carboxylic acids is 1. The van der Waals surface area contributed by atoms with Crippen LogP contribution in [0.3, 0.4) is 0 Å². The van der Waals surface area contributed by atoms with Crippen LogP contribution in [0.1, 0.15) is 43.5 Å². The van der Waals surface area contributed by atoms with Crippen molar-refractivity contribution in [3.8, 4) is 0 Å². The smallest absolute Gasteiger partial charge is 0.277 e. The van der Waals surface area contributed by atoms with Crippen LogP contribution in [0.4, 0.5) is 11.4 Å². The van der Waals surface area contributed by atoms with E-state index in [1.54, 1.807) is 4.90 Å². The van der Waals surface area contributed by atoms with Gasteiger partial charge in [-0.3, -0.25) is 25.0 Å². The molecule has 1 saturated heterocycles. The molecule has 1 aliphatic heterocycles. The fraction of sp³-hybridized carbons (Fsp3) is 0.500. The molecule has 1 aromatic rings. The second-order valence-corrected chi connectivity index (χ2v) is 5.41. The lowest BCUT2D eigenvalue weighted by Crippen LogP contribution is -2.15. The Morgan fingerprint density at radius 1 is 1.18 bits per heavy atom. The number of rotatable bonds is 6. The molecule has 22 heavy (non-hydrogen) atoms. The van der Waals surface area contributed by atoms with Crippen LogP contribution in [0.25, 0.3) is 0 Å². The van der Waals surface area contributed by atoms with Crippen molar-refractivity contribution in [2.24, 2.45) is 0 Å². The largest absolute Gasteiger partial charge is 0.329 e. The topological polar surface area (TPSA) is 106 Å². The standard InChI is InChI=1S/C14H17N3O5/c1-3-4-5-13-9(2)15(13)14(18)10-6-11(16(19)20)8-12(7-10)17(21)22/h6-9,13H,3-5H2,1-2H3. The van der Waals surface area contributed by atoms with Gasteiger partial charge >= 0.3 is 0 Å². The molecule has 0 saturated carbocycles. The average Bonchev–Trinajstić information content (AvgIpc) is 3.13. The SMILES string of the molecule is CCCCC1C(C)N1C(=O)c1cc([N+](=O)[O-])cc([N+](=O)[O-])c1. The van der Waals surface area contributed by atoms with Crippen LogP contribution in [0.2, 0.25) is 0 Å². The molecule has 2 atom stereocenters. The first-order valence-electron chi connectivity index (χ1n) is 7.13. The molecule has 1 aromatic carbocycles. The number of nitro groups is 2. The molecule has 2 rings (SSSR count). The molecule has 0 bridgehead atoms. The third kappa shape index (κ3) is 3.05. The fourth-order valence-electron chi connectivity index (χ4n) is 2.62. The molecule has 0 radical (unpaired) electrons. The van der Waals surface area contributed by atoms with Crippen molar-refractivity contribution in [1.82, 2.24) is 4.90 Å². The lowest BCUT2D eigenvalue weighted by atomic mass is 10.1. The summed E-state index contributed by atoms with van der Waals surface area (Å²) in [6, 6.07) is 3.23. The van der Waals surface area contributed by atoms with Gasteiger partial charge in [0.15, 0.2) is 0 Å². The molecule has 0 N–H and O–H groups in total. The summed E-state index contributed by atoms with van der Waals surface area (Å²) in [5.74, 6) is -0.389. The average molecular weight is 307 g/mol. The van der Waals surface area contributed by atoms with Crippen molar-refractivity contribution < 1.29 is 14.6 Å². The van der Waals surface area contributed by atoms with Crippen molar-refractivity contribution in [2.45, 2.75) is 45.2 Å². The van der Waals surface area contributed by atoms with Crippen molar-refractivity contribution >= 4 is 17.3 Å². The Bertz CT molecular complexity index is 599. The van der Waals surface area contributed by atoms with E-state index >= 15 is 0 Å². The van der Waals surface area contributed by atoms with Crippen LogP contribution in [0.5, 0.6) is 0 Å². The van der Waals surface area contributed by atoms with Gasteiger partial charge in [0, 0.05) is 12.1 Å². The van der Waals surface area contributed by atoms with Gasteiger partial charge in [-0.2, -0.15) is 0 Å². The second-order valence-electron chi connectivity index (χ2n) is 5.41. The molecule has 1 heterocycles. The highest BCUT2D eigenvalue weighted by molar-refractivity contribution is 5.97. The van der Waals surface area contributed by atoms with Crippen LogP contribution in [0, 0.1) is 20.2 Å². The lowest BCUT2D eigenvalue weighted by molar-refractivity contribution is -0.394. The van der Waals surface area contributed by atoms with E-state index in [-0.39, 0.29) is 23.6 Å². The summed E-state index contributed by atoms with van der Waals surface area (Å²) >= 11 is 0. The molecule has 1 aliphatic rings. The van der Waals surface area contributed by atoms with Gasteiger partial charge in [-0.05, 0) is 13.3 Å². The minimum absolute atomic E-state index is 0.00764. The minimum atomic E-state index is -0.732. The summed E-state index contributed by atoms with van der Waals surface area (Å²) in [5.41, 5.74) is -0.902. The summed E-state index contributed by atoms with van der Waals surface area (Å²) < 4.78 is 0. The van der Waals surface area contributed by atoms with Crippen LogP contribution < -0.4 is 0 Å². The zero-order valence-corrected chi connectivity index (χ0v) is 12.4. The second kappa shape index (κ2) is 6.08. The van der Waals surface area contributed by atoms with E-state index in [2.05, 4.69) is 6.92 Å². The fourth-order valence-corrected chi connectivity index (χ4v) is 2.62.